The normalized spacial score (nSPS) is 16.1. The van der Waals surface area contributed by atoms with Gasteiger partial charge in [-0.15, -0.1) is 5.10 Å². The van der Waals surface area contributed by atoms with Crippen molar-refractivity contribution in [2.45, 2.75) is 0 Å². The lowest BCUT2D eigenvalue weighted by molar-refractivity contribution is 0.580. The van der Waals surface area contributed by atoms with Crippen LogP contribution in [-0.2, 0) is 0 Å². The van der Waals surface area contributed by atoms with Crippen molar-refractivity contribution < 1.29 is 0 Å². The minimum Gasteiger partial charge on any atom is -0.337 e. The van der Waals surface area contributed by atoms with Crippen LogP contribution in [0.25, 0.3) is 11.4 Å². The molecule has 1 aliphatic rings. The Hall–Kier alpha value is -1.88. The summed E-state index contributed by atoms with van der Waals surface area (Å²) in [4.78, 5) is 6.73. The van der Waals surface area contributed by atoms with Crippen molar-refractivity contribution in [1.82, 2.24) is 20.5 Å². The number of hydrogen-bond acceptors (Lipinski definition) is 4. The van der Waals surface area contributed by atoms with E-state index in [1.807, 2.05) is 30.3 Å². The monoisotopic (exact) mass is 229 g/mol. The second-order valence-electron chi connectivity index (χ2n) is 4.09. The van der Waals surface area contributed by atoms with Crippen LogP contribution in [0.1, 0.15) is 0 Å². The first kappa shape index (κ1) is 10.3. The maximum Gasteiger partial charge on any atom is 0.245 e. The van der Waals surface area contributed by atoms with Gasteiger partial charge in [-0.1, -0.05) is 30.3 Å². The van der Waals surface area contributed by atoms with Crippen LogP contribution in [0.3, 0.4) is 0 Å². The van der Waals surface area contributed by atoms with E-state index >= 15 is 0 Å². The number of piperazine rings is 1. The van der Waals surface area contributed by atoms with Gasteiger partial charge in [0.2, 0.25) is 5.95 Å². The van der Waals surface area contributed by atoms with Gasteiger partial charge in [-0.25, -0.2) is 0 Å². The number of aromatic nitrogens is 3. The third kappa shape index (κ3) is 2.14. The van der Waals surface area contributed by atoms with Crippen LogP contribution in [-0.4, -0.2) is 41.4 Å². The molecule has 1 aromatic carbocycles. The van der Waals surface area contributed by atoms with Crippen LogP contribution in [0.4, 0.5) is 5.95 Å². The second kappa shape index (κ2) is 4.55. The average molecular weight is 229 g/mol. The van der Waals surface area contributed by atoms with E-state index in [2.05, 4.69) is 25.4 Å². The molecule has 5 nitrogen and oxygen atoms in total. The van der Waals surface area contributed by atoms with E-state index in [4.69, 9.17) is 0 Å². The maximum atomic E-state index is 4.54. The molecule has 0 amide bonds. The van der Waals surface area contributed by atoms with Gasteiger partial charge in [-0.05, 0) is 0 Å². The molecule has 17 heavy (non-hydrogen) atoms. The SMILES string of the molecule is c1ccc(-c2nc(N3CCNCC3)n[nH]2)cc1. The zero-order valence-corrected chi connectivity index (χ0v) is 9.56. The highest BCUT2D eigenvalue weighted by Gasteiger charge is 2.15. The Balaban J connectivity index is 1.83. The van der Waals surface area contributed by atoms with Crippen LogP contribution in [0, 0.1) is 0 Å². The van der Waals surface area contributed by atoms with Crippen LogP contribution >= 0.6 is 0 Å². The van der Waals surface area contributed by atoms with Crippen molar-refractivity contribution in [2.24, 2.45) is 0 Å². The molecule has 1 saturated heterocycles. The maximum absolute atomic E-state index is 4.54. The summed E-state index contributed by atoms with van der Waals surface area (Å²) in [5.41, 5.74) is 1.07. The lowest BCUT2D eigenvalue weighted by atomic mass is 10.2. The van der Waals surface area contributed by atoms with E-state index < -0.39 is 0 Å². The zero-order valence-electron chi connectivity index (χ0n) is 9.56. The molecule has 0 aliphatic carbocycles. The van der Waals surface area contributed by atoms with Crippen LogP contribution < -0.4 is 10.2 Å². The largest absolute Gasteiger partial charge is 0.337 e. The Kier molecular flexibility index (Phi) is 2.75. The molecule has 0 bridgehead atoms. The predicted octanol–water partition coefficient (Wildman–Crippen LogP) is 0.881. The van der Waals surface area contributed by atoms with Crippen molar-refractivity contribution in [3.8, 4) is 11.4 Å². The molecule has 88 valence electrons. The standard InChI is InChI=1S/C12H15N5/c1-2-4-10(5-3-1)11-14-12(16-15-11)17-8-6-13-7-9-17/h1-5,13H,6-9H2,(H,14,15,16). The average Bonchev–Trinajstić information content (AvgIpc) is 2.90. The van der Waals surface area contributed by atoms with Gasteiger partial charge in [-0.2, -0.15) is 4.98 Å². The molecular formula is C12H15N5. The van der Waals surface area contributed by atoms with Crippen molar-refractivity contribution in [3.63, 3.8) is 0 Å². The Morgan fingerprint density at radius 1 is 1.06 bits per heavy atom. The number of H-pyrrole nitrogens is 1. The Morgan fingerprint density at radius 3 is 2.59 bits per heavy atom. The number of nitrogens with zero attached hydrogens (tertiary/aromatic N) is 3. The summed E-state index contributed by atoms with van der Waals surface area (Å²) < 4.78 is 0. The molecular weight excluding hydrogens is 214 g/mol. The van der Waals surface area contributed by atoms with Crippen LogP contribution in [0.15, 0.2) is 30.3 Å². The van der Waals surface area contributed by atoms with Gasteiger partial charge >= 0.3 is 0 Å². The topological polar surface area (TPSA) is 56.8 Å². The highest BCUT2D eigenvalue weighted by atomic mass is 15.4. The van der Waals surface area contributed by atoms with Crippen molar-refractivity contribution in [1.29, 1.82) is 0 Å². The molecule has 0 radical (unpaired) electrons. The minimum atomic E-state index is 0.797. The molecule has 3 rings (SSSR count). The van der Waals surface area contributed by atoms with Crippen LogP contribution in [0.2, 0.25) is 0 Å². The summed E-state index contributed by atoms with van der Waals surface area (Å²) in [6.45, 7) is 3.92. The number of benzene rings is 1. The predicted molar refractivity (Wildman–Crippen MR) is 66.9 cm³/mol. The molecule has 1 aromatic heterocycles. The van der Waals surface area contributed by atoms with Gasteiger partial charge in [0, 0.05) is 31.7 Å². The molecule has 2 N–H and O–H groups in total. The number of aromatic amines is 1. The van der Waals surface area contributed by atoms with E-state index in [9.17, 15) is 0 Å². The summed E-state index contributed by atoms with van der Waals surface area (Å²) >= 11 is 0. The third-order valence-electron chi connectivity index (χ3n) is 2.92. The summed E-state index contributed by atoms with van der Waals surface area (Å²) in [6, 6.07) is 10.1. The Bertz CT molecular complexity index is 473. The fraction of sp³-hybridized carbons (Fsp3) is 0.333. The van der Waals surface area contributed by atoms with E-state index in [1.54, 1.807) is 0 Å². The highest BCUT2D eigenvalue weighted by Crippen LogP contribution is 2.17. The fourth-order valence-electron chi connectivity index (χ4n) is 1.98. The lowest BCUT2D eigenvalue weighted by Gasteiger charge is -2.25. The number of nitrogens with one attached hydrogen (secondary N) is 2. The quantitative estimate of drug-likeness (QED) is 0.802. The third-order valence-corrected chi connectivity index (χ3v) is 2.92. The molecule has 2 aromatic rings. The lowest BCUT2D eigenvalue weighted by Crippen LogP contribution is -2.44. The molecule has 5 heteroatoms. The molecule has 0 atom stereocenters. The second-order valence-corrected chi connectivity index (χ2v) is 4.09. The smallest absolute Gasteiger partial charge is 0.245 e. The summed E-state index contributed by atoms with van der Waals surface area (Å²) in [6.07, 6.45) is 0. The minimum absolute atomic E-state index is 0.797. The number of rotatable bonds is 2. The Labute approximate surface area is 99.9 Å². The fourth-order valence-corrected chi connectivity index (χ4v) is 1.98. The number of anilines is 1. The van der Waals surface area contributed by atoms with E-state index in [0.717, 1.165) is 43.5 Å². The van der Waals surface area contributed by atoms with Gasteiger partial charge in [0.1, 0.15) is 0 Å². The molecule has 0 spiro atoms. The highest BCUT2D eigenvalue weighted by molar-refractivity contribution is 5.56. The van der Waals surface area contributed by atoms with Gasteiger partial charge in [0.15, 0.2) is 5.82 Å². The molecule has 0 saturated carbocycles. The molecule has 2 heterocycles. The molecule has 1 aliphatic heterocycles. The number of hydrogen-bond donors (Lipinski definition) is 2. The first-order chi connectivity index (χ1) is 8.43. The van der Waals surface area contributed by atoms with Gasteiger partial charge < -0.3 is 10.2 Å². The first-order valence-electron chi connectivity index (χ1n) is 5.87. The van der Waals surface area contributed by atoms with Crippen molar-refractivity contribution in [3.05, 3.63) is 30.3 Å². The van der Waals surface area contributed by atoms with Gasteiger partial charge in [-0.3, -0.25) is 5.10 Å². The Morgan fingerprint density at radius 2 is 1.82 bits per heavy atom. The molecule has 1 fully saturated rings. The van der Waals surface area contributed by atoms with Crippen LogP contribution in [0.5, 0.6) is 0 Å². The molecule has 0 unspecified atom stereocenters. The summed E-state index contributed by atoms with van der Waals surface area (Å²) in [5, 5.41) is 10.6. The van der Waals surface area contributed by atoms with E-state index in [1.165, 1.54) is 0 Å². The summed E-state index contributed by atoms with van der Waals surface area (Å²) in [7, 11) is 0. The van der Waals surface area contributed by atoms with E-state index in [-0.39, 0.29) is 0 Å². The summed E-state index contributed by atoms with van der Waals surface area (Å²) in [5.74, 6) is 1.63. The van der Waals surface area contributed by atoms with Crippen molar-refractivity contribution >= 4 is 5.95 Å². The van der Waals surface area contributed by atoms with Gasteiger partial charge in [0.05, 0.1) is 0 Å². The zero-order chi connectivity index (χ0) is 11.5. The van der Waals surface area contributed by atoms with Gasteiger partial charge in [0.25, 0.3) is 0 Å². The first-order valence-corrected chi connectivity index (χ1v) is 5.87. The van der Waals surface area contributed by atoms with Crippen molar-refractivity contribution in [2.75, 3.05) is 31.1 Å². The van der Waals surface area contributed by atoms with E-state index in [0.29, 0.717) is 0 Å².